The minimum atomic E-state index is -0.581. The maximum Gasteiger partial charge on any atom is 0.0714 e. The number of anilines is 3. The third kappa shape index (κ3) is 6.13. The van der Waals surface area contributed by atoms with Crippen molar-refractivity contribution in [2.45, 2.75) is 50.9 Å². The van der Waals surface area contributed by atoms with Gasteiger partial charge in [-0.15, -0.1) is 0 Å². The molecule has 0 spiro atoms. The molecule has 0 heterocycles. The van der Waals surface area contributed by atoms with Gasteiger partial charge in [0.15, 0.2) is 0 Å². The van der Waals surface area contributed by atoms with Crippen molar-refractivity contribution in [1.82, 2.24) is 0 Å². The number of rotatable bonds is 7. The van der Waals surface area contributed by atoms with Gasteiger partial charge in [0, 0.05) is 22.4 Å². The van der Waals surface area contributed by atoms with Crippen LogP contribution in [0.4, 0.5) is 17.1 Å². The van der Waals surface area contributed by atoms with Gasteiger partial charge in [-0.2, -0.15) is 0 Å². The van der Waals surface area contributed by atoms with Crippen LogP contribution >= 0.6 is 0 Å². The van der Waals surface area contributed by atoms with Crippen molar-refractivity contribution in [3.63, 3.8) is 0 Å². The predicted molar refractivity (Wildman–Crippen MR) is 266 cm³/mol. The summed E-state index contributed by atoms with van der Waals surface area (Å²) in [6.45, 7) is 11.7. The van der Waals surface area contributed by atoms with Gasteiger partial charge in [-0.25, -0.2) is 0 Å². The molecule has 0 radical (unpaired) electrons. The number of hydrogen-bond donors (Lipinski definition) is 0. The SMILES string of the molecule is CC(C)(C)c1ccc2c(c1)C(c1ccccc1)(c1ccccc1)c1cc(N(c3ccc(-c4ccccc4)cc3)c3ccc4c(c3)C(C)(C)c3ccccc3-4)c(-c3ccccc3)cc1-2. The van der Waals surface area contributed by atoms with E-state index in [9.17, 15) is 0 Å². The zero-order valence-electron chi connectivity index (χ0n) is 36.7. The largest absolute Gasteiger partial charge is 0.310 e. The van der Waals surface area contributed by atoms with Crippen LogP contribution in [-0.2, 0) is 16.2 Å². The van der Waals surface area contributed by atoms with E-state index in [1.165, 1.54) is 83.5 Å². The summed E-state index contributed by atoms with van der Waals surface area (Å²) >= 11 is 0. The molecule has 0 atom stereocenters. The molecule has 9 aromatic carbocycles. The van der Waals surface area contributed by atoms with E-state index in [4.69, 9.17) is 0 Å². The van der Waals surface area contributed by atoms with Crippen molar-refractivity contribution in [3.8, 4) is 44.5 Å². The Bertz CT molecular complexity index is 3100. The van der Waals surface area contributed by atoms with E-state index < -0.39 is 5.41 Å². The zero-order valence-corrected chi connectivity index (χ0v) is 36.7. The van der Waals surface area contributed by atoms with Crippen molar-refractivity contribution in [2.75, 3.05) is 4.90 Å². The van der Waals surface area contributed by atoms with E-state index in [1.54, 1.807) is 0 Å². The van der Waals surface area contributed by atoms with E-state index in [0.717, 1.165) is 17.1 Å². The zero-order chi connectivity index (χ0) is 42.9. The lowest BCUT2D eigenvalue weighted by Gasteiger charge is -2.36. The van der Waals surface area contributed by atoms with Crippen molar-refractivity contribution >= 4 is 17.1 Å². The second-order valence-electron chi connectivity index (χ2n) is 18.9. The molecule has 1 heteroatoms. The highest BCUT2D eigenvalue weighted by atomic mass is 15.1. The van der Waals surface area contributed by atoms with Gasteiger partial charge < -0.3 is 4.90 Å². The van der Waals surface area contributed by atoms with Gasteiger partial charge in [-0.05, 0) is 120 Å². The van der Waals surface area contributed by atoms with Crippen LogP contribution in [0.5, 0.6) is 0 Å². The average molecular weight is 810 g/mol. The molecule has 0 aromatic heterocycles. The minimum Gasteiger partial charge on any atom is -0.310 e. The Morgan fingerprint density at radius 3 is 1.48 bits per heavy atom. The van der Waals surface area contributed by atoms with Crippen LogP contribution in [-0.4, -0.2) is 0 Å². The van der Waals surface area contributed by atoms with Crippen LogP contribution < -0.4 is 4.90 Å². The first kappa shape index (κ1) is 38.7. The van der Waals surface area contributed by atoms with Crippen molar-refractivity contribution in [1.29, 1.82) is 0 Å². The van der Waals surface area contributed by atoms with Crippen LogP contribution in [0.1, 0.15) is 73.6 Å². The molecule has 0 fully saturated rings. The standard InChI is InChI=1S/C62H51N/c1-60(2,3)47-32-36-52-54-40-53(44-22-12-7-13-23-44)59(41-58(54)62(57(52)38-47,45-24-14-8-15-25-45)46-26-16-9-17-27-46)63(48-33-30-43(31-34-48)42-20-10-6-11-21-42)49-35-37-51-50-28-18-19-29-55(50)61(4,5)56(51)39-49/h6-41H,1-5H3. The maximum absolute atomic E-state index is 2.55. The topological polar surface area (TPSA) is 3.24 Å². The molecule has 0 amide bonds. The second kappa shape index (κ2) is 14.7. The number of hydrogen-bond acceptors (Lipinski definition) is 1. The molecule has 2 aliphatic carbocycles. The molecule has 11 rings (SSSR count). The molecule has 1 nitrogen and oxygen atoms in total. The van der Waals surface area contributed by atoms with Gasteiger partial charge in [0.05, 0.1) is 11.1 Å². The van der Waals surface area contributed by atoms with Crippen LogP contribution in [0.2, 0.25) is 0 Å². The molecule has 0 saturated heterocycles. The molecular weight excluding hydrogens is 759 g/mol. The van der Waals surface area contributed by atoms with E-state index >= 15 is 0 Å². The summed E-state index contributed by atoms with van der Waals surface area (Å²) in [6, 6.07) is 81.7. The first-order valence-corrected chi connectivity index (χ1v) is 22.3. The van der Waals surface area contributed by atoms with E-state index in [2.05, 4.69) is 258 Å². The molecule has 0 N–H and O–H groups in total. The third-order valence-electron chi connectivity index (χ3n) is 13.9. The summed E-state index contributed by atoms with van der Waals surface area (Å²) in [5.41, 5.74) is 21.8. The second-order valence-corrected chi connectivity index (χ2v) is 18.9. The first-order valence-electron chi connectivity index (χ1n) is 22.3. The van der Waals surface area contributed by atoms with Crippen LogP contribution in [0.15, 0.2) is 218 Å². The smallest absolute Gasteiger partial charge is 0.0714 e. The minimum absolute atomic E-state index is 0.0347. The lowest BCUT2D eigenvalue weighted by atomic mass is 9.67. The third-order valence-corrected chi connectivity index (χ3v) is 13.9. The molecule has 0 aliphatic heterocycles. The summed E-state index contributed by atoms with van der Waals surface area (Å²) in [5, 5.41) is 0. The summed E-state index contributed by atoms with van der Waals surface area (Å²) in [6.07, 6.45) is 0. The summed E-state index contributed by atoms with van der Waals surface area (Å²) < 4.78 is 0. The highest BCUT2D eigenvalue weighted by molar-refractivity contribution is 5.97. The first-order chi connectivity index (χ1) is 30.6. The van der Waals surface area contributed by atoms with E-state index in [-0.39, 0.29) is 10.8 Å². The van der Waals surface area contributed by atoms with Gasteiger partial charge in [0.25, 0.3) is 0 Å². The number of fused-ring (bicyclic) bond motifs is 6. The van der Waals surface area contributed by atoms with Crippen molar-refractivity contribution in [3.05, 3.63) is 257 Å². The Balaban J connectivity index is 1.24. The molecule has 304 valence electrons. The fourth-order valence-electron chi connectivity index (χ4n) is 10.7. The quantitative estimate of drug-likeness (QED) is 0.155. The van der Waals surface area contributed by atoms with Gasteiger partial charge in [0.1, 0.15) is 0 Å². The van der Waals surface area contributed by atoms with Crippen LogP contribution in [0, 0.1) is 0 Å². The summed E-state index contributed by atoms with van der Waals surface area (Å²) in [5.74, 6) is 0. The Hall–Kier alpha value is -7.22. The van der Waals surface area contributed by atoms with Crippen molar-refractivity contribution < 1.29 is 0 Å². The summed E-state index contributed by atoms with van der Waals surface area (Å²) in [7, 11) is 0. The summed E-state index contributed by atoms with van der Waals surface area (Å²) in [4.78, 5) is 2.53. The molecule has 9 aromatic rings. The monoisotopic (exact) mass is 809 g/mol. The van der Waals surface area contributed by atoms with E-state index in [1.807, 2.05) is 0 Å². The van der Waals surface area contributed by atoms with Gasteiger partial charge >= 0.3 is 0 Å². The normalized spacial score (nSPS) is 14.0. The lowest BCUT2D eigenvalue weighted by Crippen LogP contribution is -2.29. The molecule has 0 unspecified atom stereocenters. The molecule has 0 bridgehead atoms. The molecule has 2 aliphatic rings. The highest BCUT2D eigenvalue weighted by Crippen LogP contribution is 2.60. The Kier molecular flexibility index (Phi) is 9.03. The predicted octanol–water partition coefficient (Wildman–Crippen LogP) is 16.5. The number of benzene rings is 9. The molecule has 0 saturated carbocycles. The van der Waals surface area contributed by atoms with Crippen molar-refractivity contribution in [2.24, 2.45) is 0 Å². The fraction of sp³-hybridized carbons (Fsp3) is 0.129. The highest BCUT2D eigenvalue weighted by Gasteiger charge is 2.47. The van der Waals surface area contributed by atoms with Crippen LogP contribution in [0.3, 0.4) is 0 Å². The van der Waals surface area contributed by atoms with Crippen LogP contribution in [0.25, 0.3) is 44.5 Å². The lowest BCUT2D eigenvalue weighted by molar-refractivity contribution is 0.588. The Labute approximate surface area is 373 Å². The maximum atomic E-state index is 2.55. The fourth-order valence-corrected chi connectivity index (χ4v) is 10.7. The molecule has 63 heavy (non-hydrogen) atoms. The Morgan fingerprint density at radius 2 is 0.841 bits per heavy atom. The van der Waals surface area contributed by atoms with Gasteiger partial charge in [-0.1, -0.05) is 217 Å². The number of nitrogens with zero attached hydrogens (tertiary/aromatic N) is 1. The average Bonchev–Trinajstić information content (AvgIpc) is 3.74. The Morgan fingerprint density at radius 1 is 0.349 bits per heavy atom. The molecular formula is C62H51N. The van der Waals surface area contributed by atoms with Gasteiger partial charge in [0.2, 0.25) is 0 Å². The van der Waals surface area contributed by atoms with E-state index in [0.29, 0.717) is 0 Å². The van der Waals surface area contributed by atoms with Gasteiger partial charge in [-0.3, -0.25) is 0 Å².